The Balaban J connectivity index is 0.00000450. The Morgan fingerprint density at radius 3 is 2.07 bits per heavy atom. The second-order valence-electron chi connectivity index (χ2n) is 7.97. The molecule has 5 heteroatoms. The van der Waals surface area contributed by atoms with Gasteiger partial charge in [-0.25, -0.2) is 0 Å². The summed E-state index contributed by atoms with van der Waals surface area (Å²) < 4.78 is 12.8. The number of hydrogen-bond donors (Lipinski definition) is 0. The Morgan fingerprint density at radius 2 is 1.47 bits per heavy atom. The van der Waals surface area contributed by atoms with Crippen LogP contribution in [0.4, 0.5) is 0 Å². The minimum atomic E-state index is 0. The zero-order chi connectivity index (χ0) is 21.0. The van der Waals surface area contributed by atoms with E-state index in [4.69, 9.17) is 21.1 Å². The second-order valence-corrected chi connectivity index (χ2v) is 8.38. The first kappa shape index (κ1) is 26.8. The predicted octanol–water partition coefficient (Wildman–Crippen LogP) is 3.45. The van der Waals surface area contributed by atoms with Gasteiger partial charge in [-0.15, -0.1) is 0 Å². The van der Waals surface area contributed by atoms with Crippen molar-refractivity contribution in [2.45, 2.75) is 39.5 Å². The van der Waals surface area contributed by atoms with Crippen molar-refractivity contribution in [3.63, 3.8) is 0 Å². The highest BCUT2D eigenvalue weighted by atomic mass is 35.5. The van der Waals surface area contributed by atoms with Crippen LogP contribution in [0, 0.1) is 0 Å². The van der Waals surface area contributed by atoms with Crippen LogP contribution < -0.4 is 17.1 Å². The van der Waals surface area contributed by atoms with Crippen molar-refractivity contribution in [1.82, 2.24) is 0 Å². The van der Waals surface area contributed by atoms with Gasteiger partial charge in [0, 0.05) is 0 Å². The zero-order valence-corrected chi connectivity index (χ0v) is 20.2. The summed E-state index contributed by atoms with van der Waals surface area (Å²) in [4.78, 5) is 0. The van der Waals surface area contributed by atoms with Gasteiger partial charge in [-0.3, -0.25) is 0 Å². The third-order valence-corrected chi connectivity index (χ3v) is 5.70. The van der Waals surface area contributed by atoms with Crippen molar-refractivity contribution in [3.05, 3.63) is 53.6 Å². The van der Waals surface area contributed by atoms with Crippen LogP contribution in [0.3, 0.4) is 0 Å². The van der Waals surface area contributed by atoms with Crippen molar-refractivity contribution in [2.24, 2.45) is 0 Å². The fourth-order valence-electron chi connectivity index (χ4n) is 3.44. The molecule has 2 rings (SSSR count). The molecular formula is C25H37Cl2NO2. The molecule has 0 saturated carbocycles. The minimum Gasteiger partial charge on any atom is -1.00 e. The Hall–Kier alpha value is -1.26. The standard InChI is InChI=1S/C25H37ClNO2.ClH/c1-4-6-15-27(3,16-7-5-2)17-18-28-19-20-29-25-14-13-23(21-24(25)26)22-11-9-8-10-12-22;/h8-14,21H,4-7,15-20H2,1-3H3;1H/q+1;/p-1. The lowest BCUT2D eigenvalue weighted by molar-refractivity contribution is -0.910. The number of halogens is 2. The van der Waals surface area contributed by atoms with Crippen LogP contribution in [0.25, 0.3) is 11.1 Å². The Labute approximate surface area is 194 Å². The minimum absolute atomic E-state index is 0. The number of hydrogen-bond acceptors (Lipinski definition) is 2. The SMILES string of the molecule is CCCC[N+](C)(CCCC)CCOCCOc1ccc(-c2ccccc2)cc1Cl.[Cl-]. The summed E-state index contributed by atoms with van der Waals surface area (Å²) in [7, 11) is 2.36. The molecule has 3 nitrogen and oxygen atoms in total. The average Bonchev–Trinajstić information content (AvgIpc) is 2.75. The van der Waals surface area contributed by atoms with Crippen molar-refractivity contribution >= 4 is 11.6 Å². The monoisotopic (exact) mass is 453 g/mol. The number of unbranched alkanes of at least 4 members (excludes halogenated alkanes) is 2. The van der Waals surface area contributed by atoms with Gasteiger partial charge in [-0.05, 0) is 36.1 Å². The lowest BCUT2D eigenvalue weighted by Gasteiger charge is -2.34. The highest BCUT2D eigenvalue weighted by Crippen LogP contribution is 2.30. The van der Waals surface area contributed by atoms with E-state index in [9.17, 15) is 0 Å². The van der Waals surface area contributed by atoms with E-state index in [1.54, 1.807) is 0 Å². The summed E-state index contributed by atoms with van der Waals surface area (Å²) in [5.74, 6) is 0.710. The second kappa shape index (κ2) is 14.7. The van der Waals surface area contributed by atoms with Gasteiger partial charge in [0.15, 0.2) is 0 Å². The number of quaternary nitrogens is 1. The molecule has 0 saturated heterocycles. The third-order valence-electron chi connectivity index (χ3n) is 5.40. The van der Waals surface area contributed by atoms with E-state index >= 15 is 0 Å². The Kier molecular flexibility index (Phi) is 13.1. The molecule has 0 aromatic heterocycles. The number of benzene rings is 2. The lowest BCUT2D eigenvalue weighted by atomic mass is 10.1. The van der Waals surface area contributed by atoms with E-state index in [0.717, 1.165) is 28.8 Å². The highest BCUT2D eigenvalue weighted by molar-refractivity contribution is 6.32. The van der Waals surface area contributed by atoms with Crippen LogP contribution in [-0.2, 0) is 4.74 Å². The van der Waals surface area contributed by atoms with Crippen LogP contribution in [0.15, 0.2) is 48.5 Å². The summed E-state index contributed by atoms with van der Waals surface area (Å²) in [6.45, 7) is 9.92. The van der Waals surface area contributed by atoms with Gasteiger partial charge >= 0.3 is 0 Å². The molecule has 0 aliphatic carbocycles. The molecular weight excluding hydrogens is 417 g/mol. The van der Waals surface area contributed by atoms with E-state index in [2.05, 4.69) is 33.0 Å². The van der Waals surface area contributed by atoms with Gasteiger partial charge < -0.3 is 26.4 Å². The maximum Gasteiger partial charge on any atom is 0.138 e. The maximum atomic E-state index is 6.41. The molecule has 2 aromatic carbocycles. The van der Waals surface area contributed by atoms with Gasteiger partial charge in [0.1, 0.15) is 18.9 Å². The molecule has 0 aliphatic rings. The molecule has 0 radical (unpaired) electrons. The van der Waals surface area contributed by atoms with E-state index in [0.29, 0.717) is 24.0 Å². The topological polar surface area (TPSA) is 18.5 Å². The first-order valence-electron chi connectivity index (χ1n) is 11.0. The van der Waals surface area contributed by atoms with Crippen LogP contribution in [-0.4, -0.2) is 51.0 Å². The van der Waals surface area contributed by atoms with Crippen LogP contribution in [0.5, 0.6) is 5.75 Å². The molecule has 0 fully saturated rings. The molecule has 0 N–H and O–H groups in total. The van der Waals surface area contributed by atoms with Gasteiger partial charge in [-0.2, -0.15) is 0 Å². The quantitative estimate of drug-likeness (QED) is 0.322. The van der Waals surface area contributed by atoms with Gasteiger partial charge in [0.05, 0.1) is 38.4 Å². The van der Waals surface area contributed by atoms with Crippen molar-refractivity contribution in [1.29, 1.82) is 0 Å². The molecule has 0 heterocycles. The molecule has 0 unspecified atom stereocenters. The largest absolute Gasteiger partial charge is 1.00 e. The average molecular weight is 454 g/mol. The molecule has 0 aliphatic heterocycles. The van der Waals surface area contributed by atoms with Crippen LogP contribution in [0.2, 0.25) is 5.02 Å². The van der Waals surface area contributed by atoms with Crippen molar-refractivity contribution in [3.8, 4) is 16.9 Å². The first-order valence-corrected chi connectivity index (χ1v) is 11.3. The maximum absolute atomic E-state index is 6.41. The molecule has 2 aromatic rings. The summed E-state index contributed by atoms with van der Waals surface area (Å²) >= 11 is 6.41. The molecule has 0 atom stereocenters. The summed E-state index contributed by atoms with van der Waals surface area (Å²) in [6, 6.07) is 16.2. The molecule has 0 spiro atoms. The van der Waals surface area contributed by atoms with Crippen LogP contribution in [0.1, 0.15) is 39.5 Å². The molecule has 30 heavy (non-hydrogen) atoms. The van der Waals surface area contributed by atoms with Gasteiger partial charge in [0.2, 0.25) is 0 Å². The van der Waals surface area contributed by atoms with Gasteiger partial charge in [-0.1, -0.05) is 74.7 Å². The Morgan fingerprint density at radius 1 is 0.800 bits per heavy atom. The molecule has 0 amide bonds. The third kappa shape index (κ3) is 9.26. The number of rotatable bonds is 14. The molecule has 168 valence electrons. The predicted molar refractivity (Wildman–Crippen MR) is 124 cm³/mol. The first-order chi connectivity index (χ1) is 14.1. The zero-order valence-electron chi connectivity index (χ0n) is 18.7. The highest BCUT2D eigenvalue weighted by Gasteiger charge is 2.19. The molecule has 0 bridgehead atoms. The Bertz CT molecular complexity index is 702. The van der Waals surface area contributed by atoms with E-state index in [-0.39, 0.29) is 12.4 Å². The van der Waals surface area contributed by atoms with Crippen molar-refractivity contribution in [2.75, 3.05) is 46.5 Å². The smallest absolute Gasteiger partial charge is 0.138 e. The van der Waals surface area contributed by atoms with Gasteiger partial charge in [0.25, 0.3) is 0 Å². The number of likely N-dealkylation sites (N-methyl/N-ethyl adjacent to an activating group) is 1. The number of nitrogens with zero attached hydrogens (tertiary/aromatic N) is 1. The summed E-state index contributed by atoms with van der Waals surface area (Å²) in [5, 5.41) is 0.634. The number of ether oxygens (including phenoxy) is 2. The fraction of sp³-hybridized carbons (Fsp3) is 0.520. The normalized spacial score (nSPS) is 11.2. The fourth-order valence-corrected chi connectivity index (χ4v) is 3.68. The lowest BCUT2D eigenvalue weighted by Crippen LogP contribution is -3.00. The summed E-state index contributed by atoms with van der Waals surface area (Å²) in [5.41, 5.74) is 2.24. The van der Waals surface area contributed by atoms with E-state index in [1.165, 1.54) is 38.8 Å². The van der Waals surface area contributed by atoms with Crippen molar-refractivity contribution < 1.29 is 26.4 Å². The van der Waals surface area contributed by atoms with E-state index < -0.39 is 0 Å². The van der Waals surface area contributed by atoms with Crippen LogP contribution >= 0.6 is 11.6 Å². The van der Waals surface area contributed by atoms with E-state index in [1.807, 2.05) is 36.4 Å². The summed E-state index contributed by atoms with van der Waals surface area (Å²) in [6.07, 6.45) is 5.05.